The van der Waals surface area contributed by atoms with E-state index in [4.69, 9.17) is 21.9 Å². The number of nitrogens with two attached hydrogens (primary N) is 1. The molecule has 3 aromatic rings. The molecule has 0 aliphatic rings. The lowest BCUT2D eigenvalue weighted by Gasteiger charge is -2.03. The molecule has 102 valence electrons. The van der Waals surface area contributed by atoms with Gasteiger partial charge in [-0.25, -0.2) is 8.78 Å². The molecule has 0 saturated carbocycles. The Balaban J connectivity index is 2.24. The fourth-order valence-corrected chi connectivity index (χ4v) is 2.99. The molecular weight excluding hydrogens is 306 g/mol. The zero-order chi connectivity index (χ0) is 14.3. The van der Waals surface area contributed by atoms with Gasteiger partial charge in [0, 0.05) is 11.6 Å². The van der Waals surface area contributed by atoms with Gasteiger partial charge in [-0.05, 0) is 23.6 Å². The van der Waals surface area contributed by atoms with E-state index in [9.17, 15) is 8.78 Å². The van der Waals surface area contributed by atoms with E-state index in [0.29, 0.717) is 9.90 Å². The predicted molar refractivity (Wildman–Crippen MR) is 74.6 cm³/mol. The van der Waals surface area contributed by atoms with Crippen molar-refractivity contribution in [3.63, 3.8) is 0 Å². The fourth-order valence-electron chi connectivity index (χ4n) is 1.87. The number of aromatic nitrogens is 1. The van der Waals surface area contributed by atoms with Gasteiger partial charge in [0.2, 0.25) is 0 Å². The highest BCUT2D eigenvalue weighted by Crippen LogP contribution is 2.42. The van der Waals surface area contributed by atoms with Crippen molar-refractivity contribution in [3.8, 4) is 21.8 Å². The van der Waals surface area contributed by atoms with Crippen LogP contribution in [-0.4, -0.2) is 5.16 Å². The molecule has 0 aliphatic heterocycles. The van der Waals surface area contributed by atoms with Crippen LogP contribution >= 0.6 is 22.9 Å². The molecule has 0 saturated heterocycles. The normalized spacial score (nSPS) is 10.9. The van der Waals surface area contributed by atoms with E-state index in [-0.39, 0.29) is 22.7 Å². The van der Waals surface area contributed by atoms with E-state index < -0.39 is 11.6 Å². The van der Waals surface area contributed by atoms with E-state index in [2.05, 4.69) is 5.16 Å². The van der Waals surface area contributed by atoms with Gasteiger partial charge in [0.15, 0.2) is 11.6 Å². The minimum Gasteiger partial charge on any atom is -0.380 e. The molecule has 2 N–H and O–H groups in total. The van der Waals surface area contributed by atoms with Crippen LogP contribution in [0, 0.1) is 11.6 Å². The molecule has 1 aromatic carbocycles. The highest BCUT2D eigenvalue weighted by atomic mass is 35.5. The zero-order valence-corrected chi connectivity index (χ0v) is 11.4. The average molecular weight is 313 g/mol. The lowest BCUT2D eigenvalue weighted by Crippen LogP contribution is -1.92. The summed E-state index contributed by atoms with van der Waals surface area (Å²) in [6, 6.07) is 4.90. The molecule has 2 heterocycles. The monoisotopic (exact) mass is 312 g/mol. The van der Waals surface area contributed by atoms with Crippen molar-refractivity contribution >= 4 is 28.8 Å². The Morgan fingerprint density at radius 1 is 1.25 bits per heavy atom. The maximum atomic E-state index is 13.9. The maximum Gasteiger partial charge on any atom is 0.188 e. The molecule has 0 bridgehead atoms. The Bertz CT molecular complexity index is 785. The molecule has 0 spiro atoms. The fraction of sp³-hybridized carbons (Fsp3) is 0. The van der Waals surface area contributed by atoms with Crippen molar-refractivity contribution in [1.82, 2.24) is 5.16 Å². The van der Waals surface area contributed by atoms with Crippen molar-refractivity contribution in [2.45, 2.75) is 0 Å². The molecule has 3 nitrogen and oxygen atoms in total. The summed E-state index contributed by atoms with van der Waals surface area (Å²) in [4.78, 5) is 0.592. The molecule has 7 heteroatoms. The number of hydrogen-bond acceptors (Lipinski definition) is 4. The largest absolute Gasteiger partial charge is 0.380 e. The zero-order valence-electron chi connectivity index (χ0n) is 9.86. The first-order chi connectivity index (χ1) is 9.58. The van der Waals surface area contributed by atoms with Crippen molar-refractivity contribution < 1.29 is 13.3 Å². The second-order valence-corrected chi connectivity index (χ2v) is 5.32. The van der Waals surface area contributed by atoms with Gasteiger partial charge in [-0.3, -0.25) is 0 Å². The Morgan fingerprint density at radius 3 is 2.70 bits per heavy atom. The quantitative estimate of drug-likeness (QED) is 0.753. The smallest absolute Gasteiger partial charge is 0.188 e. The SMILES string of the molecule is Nc1noc(-c2sccc2Cl)c1-c1ccc(F)cc1F. The number of anilines is 1. The minimum atomic E-state index is -0.742. The third kappa shape index (κ3) is 2.07. The lowest BCUT2D eigenvalue weighted by atomic mass is 10.0. The molecule has 0 fully saturated rings. The van der Waals surface area contributed by atoms with E-state index in [1.165, 1.54) is 17.4 Å². The molecule has 0 amide bonds. The van der Waals surface area contributed by atoms with Gasteiger partial charge >= 0.3 is 0 Å². The van der Waals surface area contributed by atoms with Gasteiger partial charge < -0.3 is 10.3 Å². The Morgan fingerprint density at radius 2 is 2.05 bits per heavy atom. The summed E-state index contributed by atoms with van der Waals surface area (Å²) in [5, 5.41) is 5.86. The Hall–Kier alpha value is -1.92. The highest BCUT2D eigenvalue weighted by Gasteiger charge is 2.23. The Labute approximate surface area is 121 Å². The minimum absolute atomic E-state index is 0.0231. The first kappa shape index (κ1) is 13.1. The summed E-state index contributed by atoms with van der Waals surface area (Å²) in [5.41, 5.74) is 6.12. The standard InChI is InChI=1S/C13H7ClF2N2OS/c14-8-3-4-20-12(8)11-10(13(17)18-19-11)7-2-1-6(15)5-9(7)16/h1-5H,(H2,17,18). The number of nitrogen functional groups attached to an aromatic ring is 1. The van der Waals surface area contributed by atoms with Gasteiger partial charge in [0.25, 0.3) is 0 Å². The summed E-state index contributed by atoms with van der Waals surface area (Å²) >= 11 is 7.35. The first-order valence-electron chi connectivity index (χ1n) is 5.52. The van der Waals surface area contributed by atoms with Crippen LogP contribution < -0.4 is 5.73 Å². The molecule has 0 unspecified atom stereocenters. The molecule has 3 rings (SSSR count). The van der Waals surface area contributed by atoms with E-state index in [1.54, 1.807) is 11.4 Å². The summed E-state index contributed by atoms with van der Waals surface area (Å²) in [5.74, 6) is -1.12. The molecule has 0 aliphatic carbocycles. The number of benzene rings is 1. The van der Waals surface area contributed by atoms with Crippen molar-refractivity contribution in [2.75, 3.05) is 5.73 Å². The second-order valence-electron chi connectivity index (χ2n) is 3.99. The molecule has 0 atom stereocenters. The van der Waals surface area contributed by atoms with Crippen LogP contribution in [0.2, 0.25) is 5.02 Å². The van der Waals surface area contributed by atoms with Crippen molar-refractivity contribution in [1.29, 1.82) is 0 Å². The van der Waals surface area contributed by atoms with Crippen LogP contribution in [-0.2, 0) is 0 Å². The molecule has 0 radical (unpaired) electrons. The van der Waals surface area contributed by atoms with Crippen LogP contribution in [0.1, 0.15) is 0 Å². The number of rotatable bonds is 2. The average Bonchev–Trinajstić information content (AvgIpc) is 2.96. The number of halogens is 3. The highest BCUT2D eigenvalue weighted by molar-refractivity contribution is 7.14. The predicted octanol–water partition coefficient (Wildman–Crippen LogP) is 4.58. The Kier molecular flexibility index (Phi) is 3.19. The molecule has 20 heavy (non-hydrogen) atoms. The van der Waals surface area contributed by atoms with Crippen LogP contribution in [0.15, 0.2) is 34.2 Å². The summed E-state index contributed by atoms with van der Waals surface area (Å²) in [6.07, 6.45) is 0. The maximum absolute atomic E-state index is 13.9. The molecular formula is C13H7ClF2N2OS. The summed E-state index contributed by atoms with van der Waals surface area (Å²) in [6.45, 7) is 0. The topological polar surface area (TPSA) is 52.0 Å². The lowest BCUT2D eigenvalue weighted by molar-refractivity contribution is 0.437. The van der Waals surface area contributed by atoms with Gasteiger partial charge in [0.05, 0.1) is 15.5 Å². The van der Waals surface area contributed by atoms with Crippen molar-refractivity contribution in [3.05, 3.63) is 46.3 Å². The van der Waals surface area contributed by atoms with Crippen LogP contribution in [0.5, 0.6) is 0 Å². The van der Waals surface area contributed by atoms with Gasteiger partial charge in [-0.2, -0.15) is 0 Å². The van der Waals surface area contributed by atoms with Gasteiger partial charge in [0.1, 0.15) is 11.6 Å². The van der Waals surface area contributed by atoms with E-state index >= 15 is 0 Å². The van der Waals surface area contributed by atoms with Crippen LogP contribution in [0.3, 0.4) is 0 Å². The first-order valence-corrected chi connectivity index (χ1v) is 6.77. The summed E-state index contributed by atoms with van der Waals surface area (Å²) in [7, 11) is 0. The van der Waals surface area contributed by atoms with Gasteiger partial charge in [-0.1, -0.05) is 16.8 Å². The second kappa shape index (κ2) is 4.88. The number of nitrogens with zero attached hydrogens (tertiary/aromatic N) is 1. The van der Waals surface area contributed by atoms with E-state index in [1.807, 2.05) is 0 Å². The van der Waals surface area contributed by atoms with Crippen molar-refractivity contribution in [2.24, 2.45) is 0 Å². The van der Waals surface area contributed by atoms with E-state index in [0.717, 1.165) is 12.1 Å². The van der Waals surface area contributed by atoms with Crippen LogP contribution in [0.25, 0.3) is 21.8 Å². The number of thiophene rings is 1. The van der Waals surface area contributed by atoms with Gasteiger partial charge in [-0.15, -0.1) is 11.3 Å². The number of hydrogen-bond donors (Lipinski definition) is 1. The summed E-state index contributed by atoms with van der Waals surface area (Å²) < 4.78 is 32.1. The third-order valence-electron chi connectivity index (χ3n) is 2.74. The molecule has 2 aromatic heterocycles. The third-order valence-corrected chi connectivity index (χ3v) is 4.08. The van der Waals surface area contributed by atoms with Crippen LogP contribution in [0.4, 0.5) is 14.6 Å².